The maximum absolute atomic E-state index is 12.6. The number of carbonyl (C=O) groups is 1. The van der Waals surface area contributed by atoms with E-state index in [0.29, 0.717) is 18.1 Å². The molecule has 0 bridgehead atoms. The maximum atomic E-state index is 12.6. The molecular weight excluding hydrogens is 348 g/mol. The quantitative estimate of drug-likeness (QED) is 0.772. The van der Waals surface area contributed by atoms with Gasteiger partial charge < -0.3 is 9.26 Å². The molecule has 0 unspecified atom stereocenters. The Morgan fingerprint density at radius 2 is 2.00 bits per heavy atom. The number of rotatable bonds is 3. The SMILES string of the molecule is CCOC(=O)c1c2c(c(Br)n1-c1c(C)noc1C)CCCC2. The zero-order valence-electron chi connectivity index (χ0n) is 13.0. The Balaban J connectivity index is 2.29. The first kappa shape index (κ1) is 15.3. The van der Waals surface area contributed by atoms with Crippen LogP contribution in [0.2, 0.25) is 0 Å². The van der Waals surface area contributed by atoms with Crippen LogP contribution in [0.1, 0.15) is 52.8 Å². The van der Waals surface area contributed by atoms with Gasteiger partial charge in [0, 0.05) is 0 Å². The minimum Gasteiger partial charge on any atom is -0.461 e. The van der Waals surface area contributed by atoms with Gasteiger partial charge in [0.25, 0.3) is 0 Å². The van der Waals surface area contributed by atoms with E-state index in [1.54, 1.807) is 0 Å². The second kappa shape index (κ2) is 5.91. The highest BCUT2D eigenvalue weighted by Gasteiger charge is 2.31. The summed E-state index contributed by atoms with van der Waals surface area (Å²) in [5, 5.41) is 4.02. The van der Waals surface area contributed by atoms with E-state index >= 15 is 0 Å². The van der Waals surface area contributed by atoms with Crippen molar-refractivity contribution in [1.82, 2.24) is 9.72 Å². The van der Waals surface area contributed by atoms with Crippen molar-refractivity contribution in [3.05, 3.63) is 32.9 Å². The Morgan fingerprint density at radius 1 is 1.32 bits per heavy atom. The van der Waals surface area contributed by atoms with Crippen molar-refractivity contribution in [2.45, 2.75) is 46.5 Å². The molecule has 1 aliphatic carbocycles. The molecule has 1 aliphatic rings. The number of hydrogen-bond acceptors (Lipinski definition) is 4. The number of halogens is 1. The second-order valence-corrected chi connectivity index (χ2v) is 6.28. The lowest BCUT2D eigenvalue weighted by atomic mass is 9.94. The highest BCUT2D eigenvalue weighted by molar-refractivity contribution is 9.10. The van der Waals surface area contributed by atoms with Crippen molar-refractivity contribution in [2.75, 3.05) is 6.61 Å². The lowest BCUT2D eigenvalue weighted by Crippen LogP contribution is -2.15. The van der Waals surface area contributed by atoms with Crippen LogP contribution in [0.4, 0.5) is 0 Å². The smallest absolute Gasteiger partial charge is 0.355 e. The summed E-state index contributed by atoms with van der Waals surface area (Å²) >= 11 is 3.68. The lowest BCUT2D eigenvalue weighted by Gasteiger charge is -2.12. The molecule has 118 valence electrons. The fourth-order valence-electron chi connectivity index (χ4n) is 3.18. The van der Waals surface area contributed by atoms with Crippen LogP contribution in [0.3, 0.4) is 0 Å². The van der Waals surface area contributed by atoms with Gasteiger partial charge in [-0.05, 0) is 73.5 Å². The summed E-state index contributed by atoms with van der Waals surface area (Å²) in [4.78, 5) is 12.6. The Kier molecular flexibility index (Phi) is 4.12. The molecule has 0 amide bonds. The number of ether oxygens (including phenoxy) is 1. The molecule has 3 rings (SSSR count). The van der Waals surface area contributed by atoms with Crippen molar-refractivity contribution < 1.29 is 14.1 Å². The minimum absolute atomic E-state index is 0.286. The molecule has 0 aliphatic heterocycles. The molecule has 0 radical (unpaired) electrons. The number of nitrogens with zero attached hydrogens (tertiary/aromatic N) is 2. The second-order valence-electron chi connectivity index (χ2n) is 5.53. The van der Waals surface area contributed by atoms with Crippen LogP contribution in [-0.2, 0) is 17.6 Å². The summed E-state index contributed by atoms with van der Waals surface area (Å²) in [5.74, 6) is 0.405. The zero-order chi connectivity index (χ0) is 15.9. The van der Waals surface area contributed by atoms with Gasteiger partial charge >= 0.3 is 5.97 Å². The summed E-state index contributed by atoms with van der Waals surface area (Å²) < 4.78 is 13.4. The van der Waals surface area contributed by atoms with E-state index in [4.69, 9.17) is 9.26 Å². The van der Waals surface area contributed by atoms with Gasteiger partial charge in [-0.25, -0.2) is 4.79 Å². The van der Waals surface area contributed by atoms with Crippen molar-refractivity contribution in [1.29, 1.82) is 0 Å². The largest absolute Gasteiger partial charge is 0.461 e. The van der Waals surface area contributed by atoms with Crippen molar-refractivity contribution in [3.8, 4) is 5.69 Å². The van der Waals surface area contributed by atoms with Crippen LogP contribution in [0, 0.1) is 13.8 Å². The summed E-state index contributed by atoms with van der Waals surface area (Å²) in [6.07, 6.45) is 4.11. The van der Waals surface area contributed by atoms with E-state index in [1.165, 1.54) is 5.56 Å². The average molecular weight is 367 g/mol. The van der Waals surface area contributed by atoms with Gasteiger partial charge in [-0.3, -0.25) is 4.57 Å². The Hall–Kier alpha value is -1.56. The molecule has 22 heavy (non-hydrogen) atoms. The van der Waals surface area contributed by atoms with Gasteiger partial charge in [-0.15, -0.1) is 0 Å². The predicted molar refractivity (Wildman–Crippen MR) is 85.6 cm³/mol. The molecule has 2 aromatic rings. The lowest BCUT2D eigenvalue weighted by molar-refractivity contribution is 0.0515. The van der Waals surface area contributed by atoms with Crippen molar-refractivity contribution >= 4 is 21.9 Å². The molecule has 0 saturated carbocycles. The van der Waals surface area contributed by atoms with Gasteiger partial charge in [-0.1, -0.05) is 5.16 Å². The molecule has 0 spiro atoms. The fourth-order valence-corrected chi connectivity index (χ4v) is 3.98. The third-order valence-corrected chi connectivity index (χ3v) is 4.94. The molecule has 0 atom stereocenters. The first-order valence-corrected chi connectivity index (χ1v) is 8.37. The molecule has 0 N–H and O–H groups in total. The summed E-state index contributed by atoms with van der Waals surface area (Å²) in [6.45, 7) is 5.92. The van der Waals surface area contributed by atoms with E-state index in [0.717, 1.165) is 47.2 Å². The molecule has 5 nitrogen and oxygen atoms in total. The highest BCUT2D eigenvalue weighted by atomic mass is 79.9. The van der Waals surface area contributed by atoms with Crippen molar-refractivity contribution in [2.24, 2.45) is 0 Å². The van der Waals surface area contributed by atoms with Crippen LogP contribution in [0.25, 0.3) is 5.69 Å². The maximum Gasteiger partial charge on any atom is 0.355 e. The van der Waals surface area contributed by atoms with Gasteiger partial charge in [0.2, 0.25) is 0 Å². The third kappa shape index (κ3) is 2.29. The van der Waals surface area contributed by atoms with Crippen molar-refractivity contribution in [3.63, 3.8) is 0 Å². The predicted octanol–water partition coefficient (Wildman–Crippen LogP) is 3.90. The van der Waals surface area contributed by atoms with Crippen LogP contribution in [-0.4, -0.2) is 22.3 Å². The fraction of sp³-hybridized carbons (Fsp3) is 0.500. The van der Waals surface area contributed by atoms with E-state index in [-0.39, 0.29) is 5.97 Å². The van der Waals surface area contributed by atoms with E-state index in [2.05, 4.69) is 21.1 Å². The van der Waals surface area contributed by atoms with E-state index in [9.17, 15) is 4.79 Å². The zero-order valence-corrected chi connectivity index (χ0v) is 14.6. The molecule has 6 heteroatoms. The average Bonchev–Trinajstić information content (AvgIpc) is 2.97. The number of aryl methyl sites for hydroxylation is 2. The highest BCUT2D eigenvalue weighted by Crippen LogP contribution is 2.38. The van der Waals surface area contributed by atoms with Gasteiger partial charge in [0.05, 0.1) is 11.2 Å². The van der Waals surface area contributed by atoms with Gasteiger partial charge in [0.15, 0.2) is 5.76 Å². The summed E-state index contributed by atoms with van der Waals surface area (Å²) in [5.41, 5.74) is 4.49. The number of hydrogen-bond donors (Lipinski definition) is 0. The number of carbonyl (C=O) groups excluding carboxylic acids is 1. The van der Waals surface area contributed by atoms with Crippen LogP contribution in [0.15, 0.2) is 9.13 Å². The molecule has 0 fully saturated rings. The van der Waals surface area contributed by atoms with E-state index in [1.807, 2.05) is 25.3 Å². The molecule has 2 heterocycles. The number of esters is 1. The van der Waals surface area contributed by atoms with Crippen LogP contribution < -0.4 is 0 Å². The van der Waals surface area contributed by atoms with Crippen LogP contribution >= 0.6 is 15.9 Å². The molecule has 2 aromatic heterocycles. The summed E-state index contributed by atoms with van der Waals surface area (Å²) in [6, 6.07) is 0. The third-order valence-electron chi connectivity index (χ3n) is 4.11. The minimum atomic E-state index is -0.286. The Morgan fingerprint density at radius 3 is 2.59 bits per heavy atom. The Bertz CT molecular complexity index is 711. The standard InChI is InChI=1S/C16H19BrN2O3/c1-4-21-16(20)14-11-7-5-6-8-12(11)15(17)19(14)13-9(2)18-22-10(13)3/h4-8H2,1-3H3. The topological polar surface area (TPSA) is 57.3 Å². The van der Waals surface area contributed by atoms with Gasteiger partial charge in [0.1, 0.15) is 17.1 Å². The Labute approximate surface area is 137 Å². The molecule has 0 aromatic carbocycles. The molecular formula is C16H19BrN2O3. The number of fused-ring (bicyclic) bond motifs is 1. The summed E-state index contributed by atoms with van der Waals surface area (Å²) in [7, 11) is 0. The van der Waals surface area contributed by atoms with Gasteiger partial charge in [-0.2, -0.15) is 0 Å². The first-order valence-electron chi connectivity index (χ1n) is 7.58. The van der Waals surface area contributed by atoms with Crippen LogP contribution in [0.5, 0.6) is 0 Å². The monoisotopic (exact) mass is 366 g/mol. The molecule has 0 saturated heterocycles. The van der Waals surface area contributed by atoms with E-state index < -0.39 is 0 Å². The normalized spacial score (nSPS) is 14.0. The number of aromatic nitrogens is 2. The first-order chi connectivity index (χ1) is 10.6.